The van der Waals surface area contributed by atoms with E-state index in [9.17, 15) is 9.59 Å². The van der Waals surface area contributed by atoms with Crippen molar-refractivity contribution in [2.24, 2.45) is 4.99 Å². The van der Waals surface area contributed by atoms with Gasteiger partial charge in [-0.3, -0.25) is 14.9 Å². The minimum absolute atomic E-state index is 0.0233. The van der Waals surface area contributed by atoms with Gasteiger partial charge in [-0.05, 0) is 31.4 Å². The summed E-state index contributed by atoms with van der Waals surface area (Å²) >= 11 is 0. The number of amides is 2. The largest absolute Gasteiger partial charge is 0.497 e. The van der Waals surface area contributed by atoms with Crippen LogP contribution in [-0.4, -0.2) is 56.0 Å². The lowest BCUT2D eigenvalue weighted by molar-refractivity contribution is -0.125. The molecule has 3 rings (SSSR count). The zero-order valence-corrected chi connectivity index (χ0v) is 15.1. The Balaban J connectivity index is 1.77. The van der Waals surface area contributed by atoms with Crippen LogP contribution in [0.5, 0.6) is 11.5 Å². The molecule has 1 saturated heterocycles. The van der Waals surface area contributed by atoms with Gasteiger partial charge in [0.15, 0.2) is 0 Å². The van der Waals surface area contributed by atoms with Crippen LogP contribution in [0.25, 0.3) is 0 Å². The second-order valence-electron chi connectivity index (χ2n) is 6.32. The Hall–Kier alpha value is -2.77. The van der Waals surface area contributed by atoms with Gasteiger partial charge < -0.3 is 19.7 Å². The molecule has 2 heterocycles. The lowest BCUT2D eigenvalue weighted by atomic mass is 10.1. The van der Waals surface area contributed by atoms with Crippen molar-refractivity contribution in [2.45, 2.75) is 31.7 Å². The van der Waals surface area contributed by atoms with E-state index in [0.717, 1.165) is 25.9 Å². The van der Waals surface area contributed by atoms with Gasteiger partial charge in [0.1, 0.15) is 17.5 Å². The van der Waals surface area contributed by atoms with E-state index >= 15 is 0 Å². The van der Waals surface area contributed by atoms with Gasteiger partial charge in [0.2, 0.25) is 17.8 Å². The standard InChI is InChI=1S/C18H24N4O4/c1-25-12-6-7-15(26-2)13(10-12)19-17(24)14-11-16(23)21-18(20-14)22-8-4-3-5-9-22/h6-7,10,14H,3-5,8-9,11H2,1-2H3,(H,19,24)(H,20,21,23). The zero-order chi connectivity index (χ0) is 18.5. The molecule has 2 aliphatic heterocycles. The van der Waals surface area contributed by atoms with Crippen molar-refractivity contribution in [3.63, 3.8) is 0 Å². The molecule has 1 aromatic carbocycles. The van der Waals surface area contributed by atoms with E-state index in [-0.39, 0.29) is 18.2 Å². The molecule has 8 heteroatoms. The maximum absolute atomic E-state index is 12.7. The topological polar surface area (TPSA) is 92.3 Å². The molecule has 1 fully saturated rings. The van der Waals surface area contributed by atoms with Gasteiger partial charge in [0.05, 0.1) is 26.3 Å². The van der Waals surface area contributed by atoms with Gasteiger partial charge >= 0.3 is 0 Å². The maximum Gasteiger partial charge on any atom is 0.249 e. The van der Waals surface area contributed by atoms with E-state index in [2.05, 4.69) is 15.6 Å². The zero-order valence-electron chi connectivity index (χ0n) is 15.1. The number of guanidine groups is 1. The summed E-state index contributed by atoms with van der Waals surface area (Å²) in [5, 5.41) is 5.59. The van der Waals surface area contributed by atoms with Gasteiger partial charge in [0, 0.05) is 19.2 Å². The number of hydrogen-bond donors (Lipinski definition) is 2. The molecule has 2 N–H and O–H groups in total. The quantitative estimate of drug-likeness (QED) is 0.846. The van der Waals surface area contributed by atoms with Crippen LogP contribution >= 0.6 is 0 Å². The van der Waals surface area contributed by atoms with Crippen molar-refractivity contribution >= 4 is 23.5 Å². The second kappa shape index (κ2) is 8.07. The molecule has 1 unspecified atom stereocenters. The molecule has 1 aromatic rings. The molecule has 0 spiro atoms. The Bertz CT molecular complexity index is 713. The Morgan fingerprint density at radius 3 is 2.69 bits per heavy atom. The van der Waals surface area contributed by atoms with E-state index in [1.807, 2.05) is 4.90 Å². The SMILES string of the molecule is COc1ccc(OC)c(NC(=O)C2CC(=O)NC(N3CCCCC3)=N2)c1. The monoisotopic (exact) mass is 360 g/mol. The molecule has 2 aliphatic rings. The van der Waals surface area contributed by atoms with Crippen LogP contribution in [-0.2, 0) is 9.59 Å². The molecule has 2 amide bonds. The minimum atomic E-state index is -0.767. The fourth-order valence-electron chi connectivity index (χ4n) is 3.12. The third-order valence-electron chi connectivity index (χ3n) is 4.53. The Labute approximate surface area is 152 Å². The van der Waals surface area contributed by atoms with E-state index in [4.69, 9.17) is 9.47 Å². The predicted octanol–water partition coefficient (Wildman–Crippen LogP) is 1.37. The molecule has 0 aliphatic carbocycles. The molecule has 0 saturated carbocycles. The van der Waals surface area contributed by atoms with Gasteiger partial charge in [0.25, 0.3) is 0 Å². The summed E-state index contributed by atoms with van der Waals surface area (Å²) < 4.78 is 10.5. The Morgan fingerprint density at radius 2 is 2.00 bits per heavy atom. The minimum Gasteiger partial charge on any atom is -0.497 e. The third-order valence-corrected chi connectivity index (χ3v) is 4.53. The summed E-state index contributed by atoms with van der Waals surface area (Å²) in [6, 6.07) is 4.37. The second-order valence-corrected chi connectivity index (χ2v) is 6.32. The number of benzene rings is 1. The fourth-order valence-corrected chi connectivity index (χ4v) is 3.12. The molecular weight excluding hydrogens is 336 g/mol. The van der Waals surface area contributed by atoms with Crippen molar-refractivity contribution in [3.05, 3.63) is 18.2 Å². The van der Waals surface area contributed by atoms with E-state index in [1.165, 1.54) is 13.5 Å². The van der Waals surface area contributed by atoms with Crippen LogP contribution in [0, 0.1) is 0 Å². The molecule has 0 bridgehead atoms. The summed E-state index contributed by atoms with van der Waals surface area (Å²) in [4.78, 5) is 31.3. The molecule has 140 valence electrons. The number of piperidine rings is 1. The van der Waals surface area contributed by atoms with Gasteiger partial charge in [-0.15, -0.1) is 0 Å². The van der Waals surface area contributed by atoms with Crippen LogP contribution in [0.15, 0.2) is 23.2 Å². The number of aliphatic imine (C=N–C) groups is 1. The van der Waals surface area contributed by atoms with Crippen LogP contribution in [0.4, 0.5) is 5.69 Å². The number of methoxy groups -OCH3 is 2. The number of rotatable bonds is 4. The van der Waals surface area contributed by atoms with E-state index < -0.39 is 6.04 Å². The van der Waals surface area contributed by atoms with Crippen LogP contribution in [0.1, 0.15) is 25.7 Å². The van der Waals surface area contributed by atoms with Crippen molar-refractivity contribution in [1.29, 1.82) is 0 Å². The summed E-state index contributed by atoms with van der Waals surface area (Å²) in [6.07, 6.45) is 3.33. The number of carbonyl (C=O) groups is 2. The average molecular weight is 360 g/mol. The summed E-state index contributed by atoms with van der Waals surface area (Å²) in [5.74, 6) is 1.07. The van der Waals surface area contributed by atoms with E-state index in [0.29, 0.717) is 23.1 Å². The molecule has 0 radical (unpaired) electrons. The number of anilines is 1. The normalized spacial score (nSPS) is 20.1. The van der Waals surface area contributed by atoms with Crippen LogP contribution in [0.3, 0.4) is 0 Å². The molecule has 8 nitrogen and oxygen atoms in total. The highest BCUT2D eigenvalue weighted by atomic mass is 16.5. The third kappa shape index (κ3) is 4.07. The van der Waals surface area contributed by atoms with Gasteiger partial charge in [-0.25, -0.2) is 4.99 Å². The Morgan fingerprint density at radius 1 is 1.23 bits per heavy atom. The first-order valence-corrected chi connectivity index (χ1v) is 8.76. The summed E-state index contributed by atoms with van der Waals surface area (Å²) in [5.41, 5.74) is 0.484. The van der Waals surface area contributed by atoms with Crippen LogP contribution in [0.2, 0.25) is 0 Å². The van der Waals surface area contributed by atoms with Crippen molar-refractivity contribution in [3.8, 4) is 11.5 Å². The molecular formula is C18H24N4O4. The smallest absolute Gasteiger partial charge is 0.249 e. The maximum atomic E-state index is 12.7. The predicted molar refractivity (Wildman–Crippen MR) is 97.6 cm³/mol. The lowest BCUT2D eigenvalue weighted by Gasteiger charge is -2.32. The molecule has 26 heavy (non-hydrogen) atoms. The highest BCUT2D eigenvalue weighted by molar-refractivity contribution is 6.06. The number of carbonyl (C=O) groups excluding carboxylic acids is 2. The first-order chi connectivity index (χ1) is 12.6. The highest BCUT2D eigenvalue weighted by Crippen LogP contribution is 2.29. The first kappa shape index (κ1) is 18.0. The lowest BCUT2D eigenvalue weighted by Crippen LogP contribution is -2.51. The summed E-state index contributed by atoms with van der Waals surface area (Å²) in [7, 11) is 3.08. The van der Waals surface area contributed by atoms with Crippen molar-refractivity contribution in [2.75, 3.05) is 32.6 Å². The highest BCUT2D eigenvalue weighted by Gasteiger charge is 2.30. The van der Waals surface area contributed by atoms with Gasteiger partial charge in [-0.1, -0.05) is 0 Å². The molecule has 0 aromatic heterocycles. The summed E-state index contributed by atoms with van der Waals surface area (Å²) in [6.45, 7) is 1.69. The number of nitrogens with zero attached hydrogens (tertiary/aromatic N) is 2. The van der Waals surface area contributed by atoms with Gasteiger partial charge in [-0.2, -0.15) is 0 Å². The van der Waals surface area contributed by atoms with Crippen molar-refractivity contribution in [1.82, 2.24) is 10.2 Å². The van der Waals surface area contributed by atoms with Crippen LogP contribution < -0.4 is 20.1 Å². The number of nitrogens with one attached hydrogen (secondary N) is 2. The number of ether oxygens (including phenoxy) is 2. The van der Waals surface area contributed by atoms with Crippen molar-refractivity contribution < 1.29 is 19.1 Å². The molecule has 1 atom stereocenters. The Kier molecular flexibility index (Phi) is 5.60. The van der Waals surface area contributed by atoms with E-state index in [1.54, 1.807) is 25.3 Å². The number of hydrogen-bond acceptors (Lipinski definition) is 6. The first-order valence-electron chi connectivity index (χ1n) is 8.76. The fraction of sp³-hybridized carbons (Fsp3) is 0.500. The average Bonchev–Trinajstić information content (AvgIpc) is 2.68. The number of likely N-dealkylation sites (tertiary alicyclic amines) is 1.